The fourth-order valence-electron chi connectivity index (χ4n) is 0.586. The second kappa shape index (κ2) is 6.62. The highest BCUT2D eigenvalue weighted by Crippen LogP contribution is 2.22. The van der Waals surface area contributed by atoms with Crippen LogP contribution in [0, 0.1) is 0 Å². The van der Waals surface area contributed by atoms with Crippen molar-refractivity contribution < 1.29 is 19.4 Å². The number of thioether (sulfide) groups is 1. The molecule has 1 rings (SSSR count). The summed E-state index contributed by atoms with van der Waals surface area (Å²) in [4.78, 5) is 11.2. The average Bonchev–Trinajstić information content (AvgIpc) is 2.52. The molecule has 0 aromatic rings. The lowest BCUT2D eigenvalue weighted by Gasteiger charge is -2.16. The summed E-state index contributed by atoms with van der Waals surface area (Å²) in [5, 5.41) is 9.52. The van der Waals surface area contributed by atoms with Crippen molar-refractivity contribution in [1.29, 1.82) is 0 Å². The molecule has 1 aliphatic rings. The average molecular weight is 207 g/mol. The van der Waals surface area contributed by atoms with Crippen LogP contribution in [0.4, 0.5) is 4.79 Å². The number of carboxylic acid groups (broad SMARTS) is 1. The molecule has 1 heterocycles. The van der Waals surface area contributed by atoms with Crippen LogP contribution in [0.25, 0.3) is 0 Å². The first-order chi connectivity index (χ1) is 6.11. The molecule has 0 fully saturated rings. The molecule has 5 nitrogen and oxygen atoms in total. The second-order valence-corrected chi connectivity index (χ2v) is 3.05. The summed E-state index contributed by atoms with van der Waals surface area (Å²) in [5.41, 5.74) is 0.204. The molecule has 0 radical (unpaired) electrons. The van der Waals surface area contributed by atoms with Gasteiger partial charge in [0.15, 0.2) is 5.56 Å². The van der Waals surface area contributed by atoms with E-state index in [0.717, 1.165) is 7.11 Å². The van der Waals surface area contributed by atoms with Gasteiger partial charge in [-0.05, 0) is 5.41 Å². The third-order valence-corrected chi connectivity index (χ3v) is 2.24. The lowest BCUT2D eigenvalue weighted by Crippen LogP contribution is -2.20. The number of nitrogens with zero attached hydrogens (tertiary/aromatic N) is 1. The van der Waals surface area contributed by atoms with Crippen molar-refractivity contribution in [2.45, 2.75) is 5.56 Å². The monoisotopic (exact) mass is 207 g/mol. The SMILES string of the molecule is COC(=O)O.COC1SC=CN1C. The Morgan fingerprint density at radius 2 is 2.15 bits per heavy atom. The maximum atomic E-state index is 9.15. The summed E-state index contributed by atoms with van der Waals surface area (Å²) >= 11 is 1.67. The number of carbonyl (C=O) groups is 1. The van der Waals surface area contributed by atoms with E-state index in [-0.39, 0.29) is 5.56 Å². The van der Waals surface area contributed by atoms with Gasteiger partial charge >= 0.3 is 6.16 Å². The Balaban J connectivity index is 0.000000252. The lowest BCUT2D eigenvalue weighted by molar-refractivity contribution is 0.0842. The predicted molar refractivity (Wildman–Crippen MR) is 50.3 cm³/mol. The number of hydrogen-bond acceptors (Lipinski definition) is 5. The topological polar surface area (TPSA) is 59.0 Å². The largest absolute Gasteiger partial charge is 0.505 e. The highest BCUT2D eigenvalue weighted by molar-refractivity contribution is 8.02. The molecule has 6 heteroatoms. The summed E-state index contributed by atoms with van der Waals surface area (Å²) in [6, 6.07) is 0. The highest BCUT2D eigenvalue weighted by Gasteiger charge is 2.13. The van der Waals surface area contributed by atoms with Crippen LogP contribution in [0.2, 0.25) is 0 Å². The minimum absolute atomic E-state index is 0.204. The third-order valence-electron chi connectivity index (χ3n) is 1.20. The quantitative estimate of drug-likeness (QED) is 0.655. The molecule has 13 heavy (non-hydrogen) atoms. The van der Waals surface area contributed by atoms with Gasteiger partial charge in [0.25, 0.3) is 0 Å². The molecule has 0 aromatic carbocycles. The van der Waals surface area contributed by atoms with Crippen molar-refractivity contribution in [2.75, 3.05) is 21.3 Å². The molecule has 0 saturated carbocycles. The second-order valence-electron chi connectivity index (χ2n) is 2.10. The fraction of sp³-hybridized carbons (Fsp3) is 0.571. The smallest absolute Gasteiger partial charge is 0.450 e. The molecular weight excluding hydrogens is 194 g/mol. The van der Waals surface area contributed by atoms with Gasteiger partial charge in [-0.25, -0.2) is 4.79 Å². The van der Waals surface area contributed by atoms with Crippen LogP contribution in [0.1, 0.15) is 0 Å². The van der Waals surface area contributed by atoms with E-state index in [4.69, 9.17) is 14.6 Å². The number of hydrogen-bond donors (Lipinski definition) is 1. The zero-order valence-corrected chi connectivity index (χ0v) is 8.58. The summed E-state index contributed by atoms with van der Waals surface area (Å²) in [5.74, 6) is 0. The van der Waals surface area contributed by atoms with E-state index in [2.05, 4.69) is 4.74 Å². The van der Waals surface area contributed by atoms with E-state index >= 15 is 0 Å². The molecule has 1 N–H and O–H groups in total. The summed E-state index contributed by atoms with van der Waals surface area (Å²) in [7, 11) is 4.80. The van der Waals surface area contributed by atoms with Crippen LogP contribution < -0.4 is 0 Å². The predicted octanol–water partition coefficient (Wildman–Crippen LogP) is 1.38. The maximum Gasteiger partial charge on any atom is 0.505 e. The summed E-state index contributed by atoms with van der Waals surface area (Å²) in [6.45, 7) is 0. The summed E-state index contributed by atoms with van der Waals surface area (Å²) < 4.78 is 8.72. The van der Waals surface area contributed by atoms with Gasteiger partial charge in [0.2, 0.25) is 0 Å². The minimum atomic E-state index is -1.25. The molecule has 1 aliphatic heterocycles. The van der Waals surface area contributed by atoms with Crippen LogP contribution in [-0.2, 0) is 9.47 Å². The fourth-order valence-corrected chi connectivity index (χ4v) is 1.36. The molecule has 0 aromatic heterocycles. The van der Waals surface area contributed by atoms with E-state index in [0.29, 0.717) is 0 Å². The third kappa shape index (κ3) is 5.37. The van der Waals surface area contributed by atoms with Crippen LogP contribution in [0.5, 0.6) is 0 Å². The van der Waals surface area contributed by atoms with E-state index in [1.807, 2.05) is 23.6 Å². The Morgan fingerprint density at radius 3 is 2.31 bits per heavy atom. The number of rotatable bonds is 1. The maximum absolute atomic E-state index is 9.15. The number of methoxy groups -OCH3 is 2. The van der Waals surface area contributed by atoms with Crippen molar-refractivity contribution in [1.82, 2.24) is 4.90 Å². The Kier molecular flexibility index (Phi) is 6.17. The standard InChI is InChI=1S/C5H9NOS.C2H4O3/c1-6-3-4-8-5(6)7-2;1-5-2(3)4/h3-5H,1-2H3;1H3,(H,3,4). The Hall–Kier alpha value is -0.880. The van der Waals surface area contributed by atoms with Crippen molar-refractivity contribution >= 4 is 17.9 Å². The van der Waals surface area contributed by atoms with Crippen LogP contribution >= 0.6 is 11.8 Å². The molecule has 76 valence electrons. The van der Waals surface area contributed by atoms with Crippen LogP contribution in [0.15, 0.2) is 11.6 Å². The van der Waals surface area contributed by atoms with Crippen LogP contribution in [0.3, 0.4) is 0 Å². The lowest BCUT2D eigenvalue weighted by atomic mass is 10.8. The zero-order valence-electron chi connectivity index (χ0n) is 7.76. The van der Waals surface area contributed by atoms with Gasteiger partial charge in [0.1, 0.15) is 0 Å². The number of ether oxygens (including phenoxy) is 2. The first-order valence-electron chi connectivity index (χ1n) is 3.45. The van der Waals surface area contributed by atoms with Gasteiger partial charge in [-0.15, -0.1) is 0 Å². The van der Waals surface area contributed by atoms with Gasteiger partial charge in [0, 0.05) is 20.4 Å². The molecular formula is C7H13NO4S. The molecule has 1 unspecified atom stereocenters. The van der Waals surface area contributed by atoms with E-state index in [1.54, 1.807) is 18.9 Å². The first kappa shape index (κ1) is 12.1. The zero-order chi connectivity index (χ0) is 10.3. The minimum Gasteiger partial charge on any atom is -0.450 e. The summed E-state index contributed by atoms with van der Waals surface area (Å²) in [6.07, 6.45) is 0.753. The molecule has 0 aliphatic carbocycles. The molecule has 1 atom stereocenters. The Labute approximate surface area is 81.3 Å². The highest BCUT2D eigenvalue weighted by atomic mass is 32.2. The van der Waals surface area contributed by atoms with Crippen molar-refractivity contribution in [3.8, 4) is 0 Å². The van der Waals surface area contributed by atoms with E-state index < -0.39 is 6.16 Å². The first-order valence-corrected chi connectivity index (χ1v) is 4.40. The van der Waals surface area contributed by atoms with Crippen molar-refractivity contribution in [2.24, 2.45) is 0 Å². The molecule has 0 bridgehead atoms. The van der Waals surface area contributed by atoms with E-state index in [1.165, 1.54) is 0 Å². The molecule has 0 saturated heterocycles. The Bertz CT molecular complexity index is 185. The van der Waals surface area contributed by atoms with Crippen molar-refractivity contribution in [3.05, 3.63) is 11.6 Å². The Morgan fingerprint density at radius 1 is 1.62 bits per heavy atom. The van der Waals surface area contributed by atoms with Crippen LogP contribution in [-0.4, -0.2) is 43.0 Å². The van der Waals surface area contributed by atoms with Gasteiger partial charge < -0.3 is 19.5 Å². The van der Waals surface area contributed by atoms with Gasteiger partial charge in [-0.1, -0.05) is 11.8 Å². The normalized spacial score (nSPS) is 19.3. The molecule has 0 amide bonds. The van der Waals surface area contributed by atoms with Gasteiger partial charge in [0.05, 0.1) is 7.11 Å². The van der Waals surface area contributed by atoms with E-state index in [9.17, 15) is 0 Å². The van der Waals surface area contributed by atoms with Crippen molar-refractivity contribution in [3.63, 3.8) is 0 Å². The van der Waals surface area contributed by atoms with Gasteiger partial charge in [-0.2, -0.15) is 0 Å². The van der Waals surface area contributed by atoms with Gasteiger partial charge in [-0.3, -0.25) is 0 Å². The molecule has 0 spiro atoms.